The molecule has 0 saturated heterocycles. The van der Waals surface area contributed by atoms with Gasteiger partial charge in [0.2, 0.25) is 0 Å². The summed E-state index contributed by atoms with van der Waals surface area (Å²) in [5, 5.41) is 1.44. The fraction of sp³-hybridized carbons (Fsp3) is 0.0833. The number of hydrogen-bond donors (Lipinski definition) is 0. The molecule has 0 aromatic carbocycles. The molecule has 7 heteroatoms. The van der Waals surface area contributed by atoms with Crippen molar-refractivity contribution in [3.05, 3.63) is 40.8 Å². The Hall–Kier alpha value is -2.02. The average molecular weight is 281 g/mol. The second-order valence-corrected chi connectivity index (χ2v) is 4.70. The van der Waals surface area contributed by atoms with Gasteiger partial charge in [0.25, 0.3) is 0 Å². The Bertz CT molecular complexity index is 736. The quantitative estimate of drug-likeness (QED) is 0.681. The molecule has 0 unspecified atom stereocenters. The molecule has 0 radical (unpaired) electrons. The van der Waals surface area contributed by atoms with Crippen LogP contribution in [0.1, 0.15) is 4.88 Å². The van der Waals surface area contributed by atoms with Crippen LogP contribution in [0.5, 0.6) is 0 Å². The maximum Gasteiger partial charge on any atom is 0.425 e. The van der Waals surface area contributed by atoms with Gasteiger partial charge in [-0.3, -0.25) is 4.98 Å². The summed E-state index contributed by atoms with van der Waals surface area (Å²) >= 11 is 0.656. The Labute approximate surface area is 109 Å². The molecule has 0 atom stereocenters. The van der Waals surface area contributed by atoms with E-state index in [2.05, 4.69) is 15.0 Å². The number of nitrogens with zero attached hydrogens (tertiary/aromatic N) is 3. The molecule has 0 fully saturated rings. The highest BCUT2D eigenvalue weighted by atomic mass is 32.1. The van der Waals surface area contributed by atoms with Crippen molar-refractivity contribution in [2.24, 2.45) is 0 Å². The van der Waals surface area contributed by atoms with Gasteiger partial charge in [-0.15, -0.1) is 11.3 Å². The summed E-state index contributed by atoms with van der Waals surface area (Å²) in [6.07, 6.45) is -1.29. The van der Waals surface area contributed by atoms with Gasteiger partial charge in [0, 0.05) is 23.3 Å². The molecule has 0 aliphatic heterocycles. The minimum Gasteiger partial charge on any atom is -0.251 e. The molecular formula is C12H6F3N3S. The first-order valence-corrected chi connectivity index (χ1v) is 6.16. The molecule has 3 aromatic rings. The number of pyridine rings is 1. The van der Waals surface area contributed by atoms with Crippen LogP contribution in [0.25, 0.3) is 22.4 Å². The van der Waals surface area contributed by atoms with Crippen molar-refractivity contribution in [3.63, 3.8) is 0 Å². The molecule has 0 aliphatic carbocycles. The third-order valence-corrected chi connectivity index (χ3v) is 3.48. The van der Waals surface area contributed by atoms with Crippen LogP contribution in [0, 0.1) is 0 Å². The predicted octanol–water partition coefficient (Wildman–Crippen LogP) is 3.77. The highest BCUT2D eigenvalue weighted by Crippen LogP contribution is 2.36. The highest BCUT2D eigenvalue weighted by Gasteiger charge is 2.32. The molecule has 0 spiro atoms. The fourth-order valence-electron chi connectivity index (χ4n) is 1.63. The van der Waals surface area contributed by atoms with Crippen LogP contribution < -0.4 is 0 Å². The van der Waals surface area contributed by atoms with Crippen molar-refractivity contribution >= 4 is 22.5 Å². The number of alkyl halides is 3. The molecule has 0 amide bonds. The van der Waals surface area contributed by atoms with Crippen LogP contribution >= 0.6 is 11.3 Å². The maximum absolute atomic E-state index is 12.5. The number of halogens is 3. The molecule has 3 aromatic heterocycles. The van der Waals surface area contributed by atoms with E-state index in [4.69, 9.17) is 0 Å². The van der Waals surface area contributed by atoms with Crippen LogP contribution in [-0.2, 0) is 6.18 Å². The average Bonchev–Trinajstić information content (AvgIpc) is 2.87. The summed E-state index contributed by atoms with van der Waals surface area (Å²) in [4.78, 5) is 11.7. The number of fused-ring (bicyclic) bond motifs is 1. The largest absolute Gasteiger partial charge is 0.425 e. The highest BCUT2D eigenvalue weighted by molar-refractivity contribution is 7.10. The summed E-state index contributed by atoms with van der Waals surface area (Å²) in [6, 6.07) is 4.42. The van der Waals surface area contributed by atoms with Crippen molar-refractivity contribution in [1.29, 1.82) is 0 Å². The van der Waals surface area contributed by atoms with E-state index in [0.717, 1.165) is 6.07 Å². The second-order valence-electron chi connectivity index (χ2n) is 3.79. The van der Waals surface area contributed by atoms with Gasteiger partial charge in [0.15, 0.2) is 5.65 Å². The topological polar surface area (TPSA) is 38.7 Å². The summed E-state index contributed by atoms with van der Waals surface area (Å²) in [5.41, 5.74) is 1.92. The molecular weight excluding hydrogens is 275 g/mol. The molecule has 3 nitrogen and oxygen atoms in total. The molecule has 0 bridgehead atoms. The lowest BCUT2D eigenvalue weighted by atomic mass is 10.2. The zero-order chi connectivity index (χ0) is 13.5. The van der Waals surface area contributed by atoms with Gasteiger partial charge in [0.1, 0.15) is 10.4 Å². The minimum absolute atomic E-state index is 0.416. The summed E-state index contributed by atoms with van der Waals surface area (Å²) in [6.45, 7) is 0. The van der Waals surface area contributed by atoms with Crippen LogP contribution in [-0.4, -0.2) is 15.0 Å². The summed E-state index contributed by atoms with van der Waals surface area (Å²) in [7, 11) is 0. The number of thiophene rings is 1. The van der Waals surface area contributed by atoms with E-state index in [-0.39, 0.29) is 0 Å². The zero-order valence-corrected chi connectivity index (χ0v) is 10.2. The maximum atomic E-state index is 12.5. The van der Waals surface area contributed by atoms with Crippen molar-refractivity contribution in [2.75, 3.05) is 0 Å². The smallest absolute Gasteiger partial charge is 0.251 e. The lowest BCUT2D eigenvalue weighted by Crippen LogP contribution is -2.00. The standard InChI is InChI=1S/C12H6F3N3S/c13-12(14,15)10-5-7(6-19-10)8-1-2-9-11(18-8)17-4-3-16-9/h1-6H. The van der Waals surface area contributed by atoms with E-state index < -0.39 is 11.1 Å². The van der Waals surface area contributed by atoms with Crippen molar-refractivity contribution in [2.45, 2.75) is 6.18 Å². The second kappa shape index (κ2) is 4.27. The molecule has 0 aliphatic rings. The molecule has 0 N–H and O–H groups in total. The van der Waals surface area contributed by atoms with E-state index in [1.54, 1.807) is 12.1 Å². The SMILES string of the molecule is FC(F)(F)c1cc(-c2ccc3nccnc3n2)cs1. The Morgan fingerprint density at radius 1 is 1.05 bits per heavy atom. The van der Waals surface area contributed by atoms with E-state index >= 15 is 0 Å². The van der Waals surface area contributed by atoms with E-state index in [9.17, 15) is 13.2 Å². The first kappa shape index (κ1) is 12.0. The molecule has 3 heterocycles. The van der Waals surface area contributed by atoms with Gasteiger partial charge in [-0.25, -0.2) is 9.97 Å². The Morgan fingerprint density at radius 3 is 2.58 bits per heavy atom. The predicted molar refractivity (Wildman–Crippen MR) is 65.6 cm³/mol. The fourth-order valence-corrected chi connectivity index (χ4v) is 2.41. The number of aromatic nitrogens is 3. The van der Waals surface area contributed by atoms with E-state index in [0.29, 0.717) is 33.8 Å². The minimum atomic E-state index is -4.32. The Morgan fingerprint density at radius 2 is 1.84 bits per heavy atom. The van der Waals surface area contributed by atoms with E-state index in [1.807, 2.05) is 0 Å². The lowest BCUT2D eigenvalue weighted by Gasteiger charge is -2.01. The third-order valence-electron chi connectivity index (χ3n) is 2.51. The monoisotopic (exact) mass is 281 g/mol. The van der Waals surface area contributed by atoms with Gasteiger partial charge >= 0.3 is 6.18 Å². The van der Waals surface area contributed by atoms with Crippen LogP contribution in [0.4, 0.5) is 13.2 Å². The molecule has 96 valence electrons. The lowest BCUT2D eigenvalue weighted by molar-refractivity contribution is -0.134. The molecule has 3 rings (SSSR count). The first-order valence-electron chi connectivity index (χ1n) is 5.28. The molecule has 19 heavy (non-hydrogen) atoms. The third kappa shape index (κ3) is 2.28. The Kier molecular flexibility index (Phi) is 2.70. The van der Waals surface area contributed by atoms with E-state index in [1.165, 1.54) is 17.8 Å². The van der Waals surface area contributed by atoms with Crippen molar-refractivity contribution in [1.82, 2.24) is 15.0 Å². The molecule has 0 saturated carbocycles. The van der Waals surface area contributed by atoms with Gasteiger partial charge in [-0.1, -0.05) is 0 Å². The summed E-state index contributed by atoms with van der Waals surface area (Å²) in [5.74, 6) is 0. The normalized spacial score (nSPS) is 11.9. The van der Waals surface area contributed by atoms with Gasteiger partial charge in [-0.05, 0) is 18.2 Å². The zero-order valence-electron chi connectivity index (χ0n) is 9.35. The van der Waals surface area contributed by atoms with Crippen molar-refractivity contribution in [3.8, 4) is 11.3 Å². The number of rotatable bonds is 1. The van der Waals surface area contributed by atoms with Crippen LogP contribution in [0.15, 0.2) is 36.0 Å². The Balaban J connectivity index is 2.07. The van der Waals surface area contributed by atoms with Gasteiger partial charge < -0.3 is 0 Å². The number of hydrogen-bond acceptors (Lipinski definition) is 4. The first-order chi connectivity index (χ1) is 9.04. The van der Waals surface area contributed by atoms with Crippen LogP contribution in [0.3, 0.4) is 0 Å². The van der Waals surface area contributed by atoms with Crippen LogP contribution in [0.2, 0.25) is 0 Å². The van der Waals surface area contributed by atoms with Gasteiger partial charge in [0.05, 0.1) is 5.69 Å². The summed E-state index contributed by atoms with van der Waals surface area (Å²) < 4.78 is 37.6. The van der Waals surface area contributed by atoms with Crippen molar-refractivity contribution < 1.29 is 13.2 Å². The van der Waals surface area contributed by atoms with Gasteiger partial charge in [-0.2, -0.15) is 13.2 Å².